The van der Waals surface area contributed by atoms with Crippen LogP contribution in [0.5, 0.6) is 17.2 Å². The maximum Gasteiger partial charge on any atom is 0.231 e. The Labute approximate surface area is 127 Å². The van der Waals surface area contributed by atoms with Gasteiger partial charge in [0, 0.05) is 29.7 Å². The van der Waals surface area contributed by atoms with Crippen molar-refractivity contribution < 1.29 is 19.0 Å². The number of methoxy groups -OCH3 is 1. The average molecular weight is 297 g/mol. The average Bonchev–Trinajstić information content (AvgIpc) is 2.99. The van der Waals surface area contributed by atoms with Gasteiger partial charge in [0.05, 0.1) is 7.11 Å². The molecule has 2 aromatic carbocycles. The van der Waals surface area contributed by atoms with E-state index < -0.39 is 0 Å². The second-order valence-electron chi connectivity index (χ2n) is 5.34. The van der Waals surface area contributed by atoms with E-state index in [1.807, 2.05) is 36.4 Å². The highest BCUT2D eigenvalue weighted by atomic mass is 16.7. The number of amides is 1. The predicted molar refractivity (Wildman–Crippen MR) is 80.6 cm³/mol. The Hall–Kier alpha value is -2.69. The summed E-state index contributed by atoms with van der Waals surface area (Å²) in [6.07, 6.45) is 0.382. The summed E-state index contributed by atoms with van der Waals surface area (Å²) in [4.78, 5) is 12.1. The molecule has 0 saturated heterocycles. The zero-order valence-electron chi connectivity index (χ0n) is 12.1. The minimum absolute atomic E-state index is 0.0118. The van der Waals surface area contributed by atoms with Crippen molar-refractivity contribution in [3.63, 3.8) is 0 Å². The van der Waals surface area contributed by atoms with Crippen molar-refractivity contribution in [2.75, 3.05) is 19.2 Å². The van der Waals surface area contributed by atoms with E-state index in [0.717, 1.165) is 28.3 Å². The van der Waals surface area contributed by atoms with Crippen molar-refractivity contribution in [1.29, 1.82) is 0 Å². The molecule has 1 N–H and O–H groups in total. The number of hydrogen-bond donors (Lipinski definition) is 1. The molecule has 0 aliphatic carbocycles. The quantitative estimate of drug-likeness (QED) is 0.926. The summed E-state index contributed by atoms with van der Waals surface area (Å²) in [5.41, 5.74) is 2.80. The molecule has 0 radical (unpaired) electrons. The molecule has 1 amide bonds. The van der Waals surface area contributed by atoms with Gasteiger partial charge in [-0.15, -0.1) is 0 Å². The van der Waals surface area contributed by atoms with E-state index in [1.165, 1.54) is 0 Å². The van der Waals surface area contributed by atoms with Crippen LogP contribution in [-0.2, 0) is 4.79 Å². The van der Waals surface area contributed by atoms with E-state index >= 15 is 0 Å². The van der Waals surface area contributed by atoms with Gasteiger partial charge in [0.2, 0.25) is 12.7 Å². The van der Waals surface area contributed by atoms with Crippen molar-refractivity contribution in [1.82, 2.24) is 0 Å². The lowest BCUT2D eigenvalue weighted by Crippen LogP contribution is -2.23. The summed E-state index contributed by atoms with van der Waals surface area (Å²) in [5.74, 6) is 2.09. The normalized spacial score (nSPS) is 18.6. The summed E-state index contributed by atoms with van der Waals surface area (Å²) in [5, 5.41) is 2.91. The van der Waals surface area contributed by atoms with Crippen LogP contribution in [0.15, 0.2) is 36.4 Å². The lowest BCUT2D eigenvalue weighted by atomic mass is 9.84. The van der Waals surface area contributed by atoms with E-state index in [-0.39, 0.29) is 18.6 Å². The summed E-state index contributed by atoms with van der Waals surface area (Å²) < 4.78 is 16.3. The van der Waals surface area contributed by atoms with Crippen LogP contribution in [0, 0.1) is 0 Å². The molecule has 1 atom stereocenters. The van der Waals surface area contributed by atoms with E-state index in [0.29, 0.717) is 12.2 Å². The Morgan fingerprint density at radius 1 is 1.14 bits per heavy atom. The maximum atomic E-state index is 12.1. The van der Waals surface area contributed by atoms with Crippen molar-refractivity contribution in [3.05, 3.63) is 47.5 Å². The topological polar surface area (TPSA) is 56.8 Å². The van der Waals surface area contributed by atoms with Gasteiger partial charge >= 0.3 is 0 Å². The smallest absolute Gasteiger partial charge is 0.231 e. The molecule has 0 saturated carbocycles. The van der Waals surface area contributed by atoms with Crippen LogP contribution in [0.25, 0.3) is 0 Å². The van der Waals surface area contributed by atoms with Crippen LogP contribution in [0.2, 0.25) is 0 Å². The molecule has 0 aromatic heterocycles. The number of carbonyl (C=O) groups excluding carboxylic acids is 1. The third kappa shape index (κ3) is 1.97. The second-order valence-corrected chi connectivity index (χ2v) is 5.34. The molecule has 112 valence electrons. The van der Waals surface area contributed by atoms with Crippen molar-refractivity contribution in [3.8, 4) is 17.2 Å². The van der Waals surface area contributed by atoms with Gasteiger partial charge in [0.25, 0.3) is 0 Å². The Bertz CT molecular complexity index is 756. The molecular formula is C17H15NO4. The third-order valence-electron chi connectivity index (χ3n) is 4.10. The van der Waals surface area contributed by atoms with Gasteiger partial charge in [-0.2, -0.15) is 0 Å². The fraction of sp³-hybridized carbons (Fsp3) is 0.235. The second kappa shape index (κ2) is 4.94. The number of anilines is 1. The number of fused-ring (bicyclic) bond motifs is 2. The molecule has 2 aromatic rings. The van der Waals surface area contributed by atoms with Crippen molar-refractivity contribution >= 4 is 11.6 Å². The lowest BCUT2D eigenvalue weighted by Gasteiger charge is -2.27. The first-order chi connectivity index (χ1) is 10.8. The lowest BCUT2D eigenvalue weighted by molar-refractivity contribution is -0.116. The van der Waals surface area contributed by atoms with Gasteiger partial charge < -0.3 is 19.5 Å². The molecule has 2 aliphatic rings. The van der Waals surface area contributed by atoms with Crippen molar-refractivity contribution in [2.45, 2.75) is 12.3 Å². The molecule has 5 heteroatoms. The molecule has 4 rings (SSSR count). The number of benzene rings is 2. The Morgan fingerprint density at radius 2 is 1.91 bits per heavy atom. The van der Waals surface area contributed by atoms with Crippen LogP contribution >= 0.6 is 0 Å². The number of nitrogens with one attached hydrogen (secondary N) is 1. The highest BCUT2D eigenvalue weighted by Gasteiger charge is 2.31. The SMILES string of the molecule is COc1ccccc1[C@H]1CC(=O)Nc2cc3c(cc21)OCO3. The van der Waals surface area contributed by atoms with E-state index in [2.05, 4.69) is 5.32 Å². The highest BCUT2D eigenvalue weighted by molar-refractivity contribution is 5.96. The van der Waals surface area contributed by atoms with Crippen LogP contribution in [0.1, 0.15) is 23.5 Å². The molecule has 0 spiro atoms. The van der Waals surface area contributed by atoms with Gasteiger partial charge in [0.1, 0.15) is 5.75 Å². The molecule has 22 heavy (non-hydrogen) atoms. The molecule has 2 aliphatic heterocycles. The van der Waals surface area contributed by atoms with Gasteiger partial charge in [-0.05, 0) is 17.7 Å². The standard InChI is InChI=1S/C17H15NO4/c1-20-14-5-3-2-4-10(14)11-7-17(19)18-13-8-16-15(6-12(11)13)21-9-22-16/h2-6,8,11H,7,9H2,1H3,(H,18,19)/t11-/m1/s1. The third-order valence-corrected chi connectivity index (χ3v) is 4.10. The number of rotatable bonds is 2. The summed E-state index contributed by atoms with van der Waals surface area (Å²) in [7, 11) is 1.64. The van der Waals surface area contributed by atoms with Gasteiger partial charge in [-0.25, -0.2) is 0 Å². The summed E-state index contributed by atoms with van der Waals surface area (Å²) >= 11 is 0. The molecule has 0 bridgehead atoms. The first-order valence-corrected chi connectivity index (χ1v) is 7.12. The van der Waals surface area contributed by atoms with Crippen molar-refractivity contribution in [2.24, 2.45) is 0 Å². The minimum Gasteiger partial charge on any atom is -0.496 e. The monoisotopic (exact) mass is 297 g/mol. The fourth-order valence-electron chi connectivity index (χ4n) is 3.08. The van der Waals surface area contributed by atoms with E-state index in [1.54, 1.807) is 7.11 Å². The Balaban J connectivity index is 1.87. The van der Waals surface area contributed by atoms with Crippen LogP contribution in [-0.4, -0.2) is 19.8 Å². The highest BCUT2D eigenvalue weighted by Crippen LogP contribution is 2.46. The zero-order chi connectivity index (χ0) is 15.1. The molecule has 5 nitrogen and oxygen atoms in total. The van der Waals surface area contributed by atoms with Crippen LogP contribution < -0.4 is 19.5 Å². The fourth-order valence-corrected chi connectivity index (χ4v) is 3.08. The molecule has 0 unspecified atom stereocenters. The number of para-hydroxylation sites is 1. The first kappa shape index (κ1) is 13.0. The van der Waals surface area contributed by atoms with Crippen LogP contribution in [0.4, 0.5) is 5.69 Å². The number of hydrogen-bond acceptors (Lipinski definition) is 4. The molecular weight excluding hydrogens is 282 g/mol. The number of ether oxygens (including phenoxy) is 3. The largest absolute Gasteiger partial charge is 0.496 e. The minimum atomic E-state index is -0.0607. The maximum absolute atomic E-state index is 12.1. The summed E-state index contributed by atoms with van der Waals surface area (Å²) in [6.45, 7) is 0.214. The van der Waals surface area contributed by atoms with Gasteiger partial charge in [-0.3, -0.25) is 4.79 Å². The molecule has 0 fully saturated rings. The predicted octanol–water partition coefficient (Wildman–Crippen LogP) is 2.90. The Morgan fingerprint density at radius 3 is 2.73 bits per heavy atom. The Kier molecular flexibility index (Phi) is 2.92. The van der Waals surface area contributed by atoms with E-state index in [9.17, 15) is 4.79 Å². The number of carbonyl (C=O) groups is 1. The van der Waals surface area contributed by atoms with Gasteiger partial charge in [0.15, 0.2) is 11.5 Å². The first-order valence-electron chi connectivity index (χ1n) is 7.12. The summed E-state index contributed by atoms with van der Waals surface area (Å²) in [6, 6.07) is 11.6. The van der Waals surface area contributed by atoms with E-state index in [4.69, 9.17) is 14.2 Å². The van der Waals surface area contributed by atoms with Crippen LogP contribution in [0.3, 0.4) is 0 Å². The zero-order valence-corrected chi connectivity index (χ0v) is 12.1. The molecule has 2 heterocycles. The van der Waals surface area contributed by atoms with Gasteiger partial charge in [-0.1, -0.05) is 18.2 Å².